The summed E-state index contributed by atoms with van der Waals surface area (Å²) in [5, 5.41) is 6.88. The first kappa shape index (κ1) is 18.6. The molecule has 0 aliphatic carbocycles. The minimum Gasteiger partial charge on any atom is -0.379 e. The number of para-hydroxylation sites is 1. The first-order valence-electron chi connectivity index (χ1n) is 9.37. The molecule has 0 unspecified atom stereocenters. The summed E-state index contributed by atoms with van der Waals surface area (Å²) in [6, 6.07) is 10.3. The molecule has 26 heavy (non-hydrogen) atoms. The van der Waals surface area contributed by atoms with Gasteiger partial charge in [-0.25, -0.2) is 9.97 Å². The molecule has 2 aromatic rings. The quantitative estimate of drug-likeness (QED) is 0.794. The van der Waals surface area contributed by atoms with Crippen LogP contribution in [0.15, 0.2) is 30.3 Å². The summed E-state index contributed by atoms with van der Waals surface area (Å²) < 4.78 is 5.39. The number of ether oxygens (including phenoxy) is 1. The van der Waals surface area contributed by atoms with Crippen molar-refractivity contribution in [2.75, 3.05) is 50.0 Å². The molecule has 2 N–H and O–H groups in total. The molecule has 0 spiro atoms. The predicted octanol–water partition coefficient (Wildman–Crippen LogP) is 3.40. The lowest BCUT2D eigenvalue weighted by Crippen LogP contribution is -2.39. The third-order valence-corrected chi connectivity index (χ3v) is 4.52. The van der Waals surface area contributed by atoms with E-state index in [1.807, 2.05) is 19.1 Å². The molecular weight excluding hydrogens is 326 g/mol. The minimum atomic E-state index is 0.452. The number of hydrogen-bond donors (Lipinski definition) is 2. The fraction of sp³-hybridized carbons (Fsp3) is 0.500. The smallest absolute Gasteiger partial charge is 0.136 e. The van der Waals surface area contributed by atoms with Gasteiger partial charge in [0.2, 0.25) is 0 Å². The van der Waals surface area contributed by atoms with Crippen LogP contribution in [0, 0.1) is 6.92 Å². The second-order valence-electron chi connectivity index (χ2n) is 6.93. The van der Waals surface area contributed by atoms with Crippen LogP contribution in [0.1, 0.15) is 31.2 Å². The number of morpholine rings is 1. The van der Waals surface area contributed by atoms with Gasteiger partial charge in [-0.1, -0.05) is 32.0 Å². The average molecular weight is 355 g/mol. The van der Waals surface area contributed by atoms with Crippen LogP contribution in [0.25, 0.3) is 0 Å². The number of hydrogen-bond acceptors (Lipinski definition) is 6. The van der Waals surface area contributed by atoms with E-state index in [0.717, 1.165) is 62.5 Å². The molecule has 0 amide bonds. The molecule has 0 radical (unpaired) electrons. The van der Waals surface area contributed by atoms with Crippen LogP contribution in [0.3, 0.4) is 0 Å². The van der Waals surface area contributed by atoms with Gasteiger partial charge in [-0.2, -0.15) is 0 Å². The van der Waals surface area contributed by atoms with E-state index in [1.165, 1.54) is 5.56 Å². The lowest BCUT2D eigenvalue weighted by molar-refractivity contribution is 0.0398. The van der Waals surface area contributed by atoms with E-state index in [-0.39, 0.29) is 0 Å². The second-order valence-corrected chi connectivity index (χ2v) is 6.93. The van der Waals surface area contributed by atoms with Crippen molar-refractivity contribution < 1.29 is 4.74 Å². The Hall–Kier alpha value is -2.18. The molecular formula is C20H29N5O. The summed E-state index contributed by atoms with van der Waals surface area (Å²) in [6.45, 7) is 11.8. The first-order valence-corrected chi connectivity index (χ1v) is 9.37. The molecule has 6 nitrogen and oxygen atoms in total. The summed E-state index contributed by atoms with van der Waals surface area (Å²) in [6.07, 6.45) is 0. The maximum atomic E-state index is 5.39. The van der Waals surface area contributed by atoms with E-state index in [9.17, 15) is 0 Å². The summed E-state index contributed by atoms with van der Waals surface area (Å²) in [5.41, 5.74) is 2.38. The topological polar surface area (TPSA) is 62.3 Å². The Balaban J connectivity index is 1.64. The van der Waals surface area contributed by atoms with Gasteiger partial charge in [0.25, 0.3) is 0 Å². The van der Waals surface area contributed by atoms with Crippen molar-refractivity contribution >= 4 is 17.3 Å². The van der Waals surface area contributed by atoms with Gasteiger partial charge in [-0.05, 0) is 24.5 Å². The van der Waals surface area contributed by atoms with Gasteiger partial charge in [0.1, 0.15) is 17.5 Å². The maximum Gasteiger partial charge on any atom is 0.136 e. The molecule has 1 aromatic heterocycles. The fourth-order valence-corrected chi connectivity index (χ4v) is 3.14. The van der Waals surface area contributed by atoms with Gasteiger partial charge >= 0.3 is 0 Å². The summed E-state index contributed by atoms with van der Waals surface area (Å²) in [5.74, 6) is 2.88. The summed E-state index contributed by atoms with van der Waals surface area (Å²) in [4.78, 5) is 11.5. The van der Waals surface area contributed by atoms with Gasteiger partial charge in [-0.3, -0.25) is 4.90 Å². The van der Waals surface area contributed by atoms with Gasteiger partial charge in [-0.15, -0.1) is 0 Å². The first-order chi connectivity index (χ1) is 12.6. The third kappa shape index (κ3) is 5.16. The standard InChI is InChI=1S/C20H29N5O/c1-15(2)17-6-4-5-7-18(17)24-20-14-19(22-16(3)23-20)21-8-9-25-10-12-26-13-11-25/h4-7,14-15H,8-13H2,1-3H3,(H2,21,22,23,24). The van der Waals surface area contributed by atoms with E-state index in [0.29, 0.717) is 5.92 Å². The molecule has 1 saturated heterocycles. The van der Waals surface area contributed by atoms with Crippen molar-refractivity contribution in [3.63, 3.8) is 0 Å². The van der Waals surface area contributed by atoms with Gasteiger partial charge < -0.3 is 15.4 Å². The Morgan fingerprint density at radius 2 is 1.85 bits per heavy atom. The second kappa shape index (κ2) is 8.96. The van der Waals surface area contributed by atoms with Crippen LogP contribution in [0.2, 0.25) is 0 Å². The maximum absolute atomic E-state index is 5.39. The van der Waals surface area contributed by atoms with E-state index in [4.69, 9.17) is 4.74 Å². The van der Waals surface area contributed by atoms with Crippen molar-refractivity contribution in [3.8, 4) is 0 Å². The minimum absolute atomic E-state index is 0.452. The predicted molar refractivity (Wildman–Crippen MR) is 106 cm³/mol. The number of benzene rings is 1. The van der Waals surface area contributed by atoms with Crippen LogP contribution in [0.5, 0.6) is 0 Å². The molecule has 1 aliphatic rings. The summed E-state index contributed by atoms with van der Waals surface area (Å²) >= 11 is 0. The van der Waals surface area contributed by atoms with Crippen LogP contribution < -0.4 is 10.6 Å². The molecule has 1 aliphatic heterocycles. The number of aryl methyl sites for hydroxylation is 1. The Kier molecular flexibility index (Phi) is 6.41. The van der Waals surface area contributed by atoms with Crippen molar-refractivity contribution in [3.05, 3.63) is 41.7 Å². The monoisotopic (exact) mass is 355 g/mol. The SMILES string of the molecule is Cc1nc(NCCN2CCOCC2)cc(Nc2ccccc2C(C)C)n1. The zero-order valence-electron chi connectivity index (χ0n) is 16.0. The highest BCUT2D eigenvalue weighted by Crippen LogP contribution is 2.26. The van der Waals surface area contributed by atoms with Crippen LogP contribution in [0.4, 0.5) is 17.3 Å². The van der Waals surface area contributed by atoms with Crippen molar-refractivity contribution in [1.82, 2.24) is 14.9 Å². The Labute approximate surface area is 156 Å². The zero-order chi connectivity index (χ0) is 18.4. The molecule has 1 aromatic carbocycles. The Bertz CT molecular complexity index is 713. The number of aromatic nitrogens is 2. The number of rotatable bonds is 7. The van der Waals surface area contributed by atoms with E-state index >= 15 is 0 Å². The zero-order valence-corrected chi connectivity index (χ0v) is 16.0. The lowest BCUT2D eigenvalue weighted by Gasteiger charge is -2.26. The molecule has 140 valence electrons. The Morgan fingerprint density at radius 3 is 2.62 bits per heavy atom. The van der Waals surface area contributed by atoms with E-state index in [2.05, 4.69) is 57.5 Å². The van der Waals surface area contributed by atoms with Gasteiger partial charge in [0.05, 0.1) is 13.2 Å². The Morgan fingerprint density at radius 1 is 1.12 bits per heavy atom. The van der Waals surface area contributed by atoms with Crippen molar-refractivity contribution in [2.45, 2.75) is 26.7 Å². The van der Waals surface area contributed by atoms with E-state index < -0.39 is 0 Å². The molecule has 2 heterocycles. The summed E-state index contributed by atoms with van der Waals surface area (Å²) in [7, 11) is 0. The lowest BCUT2D eigenvalue weighted by atomic mass is 10.0. The third-order valence-electron chi connectivity index (χ3n) is 4.52. The van der Waals surface area contributed by atoms with Crippen molar-refractivity contribution in [1.29, 1.82) is 0 Å². The van der Waals surface area contributed by atoms with Crippen molar-refractivity contribution in [2.24, 2.45) is 0 Å². The highest BCUT2D eigenvalue weighted by atomic mass is 16.5. The van der Waals surface area contributed by atoms with E-state index in [1.54, 1.807) is 0 Å². The van der Waals surface area contributed by atoms with Gasteiger partial charge in [0.15, 0.2) is 0 Å². The van der Waals surface area contributed by atoms with Crippen LogP contribution in [-0.2, 0) is 4.74 Å². The molecule has 3 rings (SSSR count). The highest BCUT2D eigenvalue weighted by molar-refractivity contribution is 5.63. The molecule has 0 atom stereocenters. The normalized spacial score (nSPS) is 15.2. The molecule has 0 saturated carbocycles. The number of nitrogens with one attached hydrogen (secondary N) is 2. The average Bonchev–Trinajstić information content (AvgIpc) is 2.62. The fourth-order valence-electron chi connectivity index (χ4n) is 3.14. The van der Waals surface area contributed by atoms with Crippen LogP contribution >= 0.6 is 0 Å². The highest BCUT2D eigenvalue weighted by Gasteiger charge is 2.11. The number of anilines is 3. The van der Waals surface area contributed by atoms with Crippen LogP contribution in [-0.4, -0.2) is 54.3 Å². The largest absolute Gasteiger partial charge is 0.379 e. The molecule has 6 heteroatoms. The van der Waals surface area contributed by atoms with Gasteiger partial charge in [0, 0.05) is 37.9 Å². The molecule has 1 fully saturated rings. The number of nitrogens with zero attached hydrogens (tertiary/aromatic N) is 3. The molecule has 0 bridgehead atoms.